The third kappa shape index (κ3) is 4.50. The molecule has 26 heavy (non-hydrogen) atoms. The van der Waals surface area contributed by atoms with Crippen LogP contribution in [-0.4, -0.2) is 49.9 Å². The van der Waals surface area contributed by atoms with Gasteiger partial charge in [0.1, 0.15) is 22.7 Å². The van der Waals surface area contributed by atoms with E-state index < -0.39 is 30.3 Å². The van der Waals surface area contributed by atoms with E-state index in [0.717, 1.165) is 16.7 Å². The Morgan fingerprint density at radius 3 is 2.65 bits per heavy atom. The van der Waals surface area contributed by atoms with Gasteiger partial charge in [-0.25, -0.2) is 4.79 Å². The van der Waals surface area contributed by atoms with Crippen LogP contribution in [0.15, 0.2) is 41.8 Å². The summed E-state index contributed by atoms with van der Waals surface area (Å²) >= 11 is 6.01. The topological polar surface area (TPSA) is 104 Å². The molecule has 0 saturated carbocycles. The summed E-state index contributed by atoms with van der Waals surface area (Å²) in [5.41, 5.74) is 0.611. The fourth-order valence-electron chi connectivity index (χ4n) is 2.22. The first-order valence-corrected chi connectivity index (χ1v) is 8.62. The maximum Gasteiger partial charge on any atom is 0.327 e. The Morgan fingerprint density at radius 2 is 2.04 bits per heavy atom. The normalized spacial score (nSPS) is 16.6. The number of carboxylic acid groups (broad SMARTS) is 2. The van der Waals surface area contributed by atoms with Crippen LogP contribution in [0.2, 0.25) is 0 Å². The monoisotopic (exact) mass is 393 g/mol. The Morgan fingerprint density at radius 1 is 1.35 bits per heavy atom. The van der Waals surface area contributed by atoms with E-state index in [-0.39, 0.29) is 15.8 Å². The van der Waals surface area contributed by atoms with Crippen molar-refractivity contribution in [1.29, 1.82) is 0 Å². The first-order valence-electron chi connectivity index (χ1n) is 7.39. The summed E-state index contributed by atoms with van der Waals surface area (Å²) in [6, 6.07) is 5.43. The van der Waals surface area contributed by atoms with Gasteiger partial charge in [-0.2, -0.15) is 0 Å². The number of nitrogens with zero attached hydrogens (tertiary/aromatic N) is 1. The van der Waals surface area contributed by atoms with Crippen LogP contribution < -0.4 is 4.74 Å². The van der Waals surface area contributed by atoms with Crippen molar-refractivity contribution >= 4 is 52.2 Å². The molecule has 0 radical (unpaired) electrons. The van der Waals surface area contributed by atoms with Crippen molar-refractivity contribution in [3.8, 4) is 5.75 Å². The molecule has 0 spiro atoms. The molecule has 9 heteroatoms. The van der Waals surface area contributed by atoms with Gasteiger partial charge >= 0.3 is 11.9 Å². The van der Waals surface area contributed by atoms with Crippen molar-refractivity contribution in [2.45, 2.75) is 12.5 Å². The van der Waals surface area contributed by atoms with E-state index in [9.17, 15) is 19.5 Å². The maximum absolute atomic E-state index is 12.6. The highest BCUT2D eigenvalue weighted by molar-refractivity contribution is 8.26. The van der Waals surface area contributed by atoms with Crippen LogP contribution in [0, 0.1) is 0 Å². The summed E-state index contributed by atoms with van der Waals surface area (Å²) in [4.78, 5) is 35.9. The number of ether oxygens (including phenoxy) is 1. The molecule has 1 atom stereocenters. The number of carbonyl (C=O) groups is 3. The van der Waals surface area contributed by atoms with Gasteiger partial charge in [-0.3, -0.25) is 14.5 Å². The Kier molecular flexibility index (Phi) is 6.53. The van der Waals surface area contributed by atoms with Gasteiger partial charge in [-0.1, -0.05) is 54.8 Å². The molecule has 0 aliphatic carbocycles. The minimum absolute atomic E-state index is 0.000564. The van der Waals surface area contributed by atoms with Gasteiger partial charge in [0.25, 0.3) is 5.91 Å². The third-order valence-electron chi connectivity index (χ3n) is 3.35. The second-order valence-electron chi connectivity index (χ2n) is 5.14. The SMILES string of the molecule is C=CCOc1ccccc1/C=C1/SC(=S)N([C@@H](CC(=O)O)C(=O)O)C1=O. The van der Waals surface area contributed by atoms with Crippen molar-refractivity contribution in [2.75, 3.05) is 6.61 Å². The zero-order valence-electron chi connectivity index (χ0n) is 13.5. The van der Waals surface area contributed by atoms with Gasteiger partial charge in [-0.15, -0.1) is 0 Å². The van der Waals surface area contributed by atoms with E-state index in [2.05, 4.69) is 6.58 Å². The number of thiocarbonyl (C=S) groups is 1. The lowest BCUT2D eigenvalue weighted by Gasteiger charge is -2.21. The van der Waals surface area contributed by atoms with Crippen molar-refractivity contribution in [3.63, 3.8) is 0 Å². The molecule has 136 valence electrons. The van der Waals surface area contributed by atoms with Gasteiger partial charge in [0.15, 0.2) is 0 Å². The molecule has 1 saturated heterocycles. The van der Waals surface area contributed by atoms with E-state index in [0.29, 0.717) is 11.3 Å². The fraction of sp³-hybridized carbons (Fsp3) is 0.176. The Hall–Kier alpha value is -2.65. The van der Waals surface area contributed by atoms with Crippen LogP contribution in [0.1, 0.15) is 12.0 Å². The minimum Gasteiger partial charge on any atom is -0.489 e. The standard InChI is InChI=1S/C17H15NO6S2/c1-2-7-24-12-6-4-3-5-10(12)8-13-15(21)18(17(25)26-13)11(16(22)23)9-14(19)20/h2-6,8,11H,1,7,9H2,(H,19,20)(H,22,23)/b13-8+/t11-/m0/s1. The molecule has 1 aromatic carbocycles. The first kappa shape index (κ1) is 19.7. The molecule has 1 aromatic rings. The van der Waals surface area contributed by atoms with Crippen LogP contribution in [0.25, 0.3) is 6.08 Å². The van der Waals surface area contributed by atoms with E-state index in [1.165, 1.54) is 6.08 Å². The Balaban J connectivity index is 2.33. The number of carboxylic acids is 2. The highest BCUT2D eigenvalue weighted by atomic mass is 32.2. The lowest BCUT2D eigenvalue weighted by atomic mass is 10.1. The minimum atomic E-state index is -1.56. The molecule has 2 N–H and O–H groups in total. The summed E-state index contributed by atoms with van der Waals surface area (Å²) in [5.74, 6) is -2.89. The maximum atomic E-state index is 12.6. The number of thioether (sulfide) groups is 1. The number of benzene rings is 1. The van der Waals surface area contributed by atoms with Gasteiger partial charge in [0, 0.05) is 5.56 Å². The van der Waals surface area contributed by atoms with Crippen LogP contribution in [0.4, 0.5) is 0 Å². The van der Waals surface area contributed by atoms with E-state index >= 15 is 0 Å². The van der Waals surface area contributed by atoms with Gasteiger partial charge in [0.05, 0.1) is 11.3 Å². The van der Waals surface area contributed by atoms with E-state index in [1.807, 2.05) is 0 Å². The summed E-state index contributed by atoms with van der Waals surface area (Å²) in [7, 11) is 0. The quantitative estimate of drug-likeness (QED) is 0.394. The van der Waals surface area contributed by atoms with Crippen LogP contribution in [-0.2, 0) is 14.4 Å². The molecular weight excluding hydrogens is 378 g/mol. The second kappa shape index (κ2) is 8.63. The molecule has 1 aliphatic rings. The summed E-state index contributed by atoms with van der Waals surface area (Å²) in [6.45, 7) is 3.86. The number of aliphatic carboxylic acids is 2. The smallest absolute Gasteiger partial charge is 0.327 e. The van der Waals surface area contributed by atoms with Gasteiger partial charge in [-0.05, 0) is 12.1 Å². The van der Waals surface area contributed by atoms with Crippen molar-refractivity contribution < 1.29 is 29.3 Å². The Bertz CT molecular complexity index is 804. The summed E-state index contributed by atoms with van der Waals surface area (Å²) < 4.78 is 5.52. The number of amides is 1. The first-order chi connectivity index (χ1) is 12.3. The molecule has 0 unspecified atom stereocenters. The zero-order chi connectivity index (χ0) is 19.3. The number of para-hydroxylation sites is 1. The molecule has 7 nitrogen and oxygen atoms in total. The Labute approximate surface area is 158 Å². The third-order valence-corrected chi connectivity index (χ3v) is 4.68. The average molecular weight is 393 g/mol. The van der Waals surface area contributed by atoms with E-state index in [1.54, 1.807) is 30.3 Å². The summed E-state index contributed by atoms with van der Waals surface area (Å²) in [6.07, 6.45) is 2.38. The second-order valence-corrected chi connectivity index (χ2v) is 6.82. The lowest BCUT2D eigenvalue weighted by Crippen LogP contribution is -2.45. The number of hydrogen-bond acceptors (Lipinski definition) is 6. The molecule has 2 rings (SSSR count). The number of hydrogen-bond donors (Lipinski definition) is 2. The van der Waals surface area contributed by atoms with Crippen molar-refractivity contribution in [1.82, 2.24) is 4.90 Å². The van der Waals surface area contributed by atoms with Crippen molar-refractivity contribution in [2.24, 2.45) is 0 Å². The van der Waals surface area contributed by atoms with Gasteiger partial charge in [0.2, 0.25) is 0 Å². The number of rotatable bonds is 8. The molecule has 1 amide bonds. The molecule has 1 aliphatic heterocycles. The predicted octanol–water partition coefficient (Wildman–Crippen LogP) is 2.38. The van der Waals surface area contributed by atoms with Gasteiger partial charge < -0.3 is 14.9 Å². The van der Waals surface area contributed by atoms with Crippen LogP contribution >= 0.6 is 24.0 Å². The van der Waals surface area contributed by atoms with Crippen LogP contribution in [0.3, 0.4) is 0 Å². The molecule has 0 aromatic heterocycles. The molecule has 0 bridgehead atoms. The lowest BCUT2D eigenvalue weighted by molar-refractivity contribution is -0.150. The molecule has 1 fully saturated rings. The van der Waals surface area contributed by atoms with E-state index in [4.69, 9.17) is 22.1 Å². The average Bonchev–Trinajstić information content (AvgIpc) is 2.85. The van der Waals surface area contributed by atoms with Crippen LogP contribution in [0.5, 0.6) is 5.75 Å². The predicted molar refractivity (Wildman–Crippen MR) is 101 cm³/mol. The molecular formula is C17H15NO6S2. The zero-order valence-corrected chi connectivity index (χ0v) is 15.1. The highest BCUT2D eigenvalue weighted by Gasteiger charge is 2.41. The summed E-state index contributed by atoms with van der Waals surface area (Å²) in [5, 5.41) is 18.2. The largest absolute Gasteiger partial charge is 0.489 e. The highest BCUT2D eigenvalue weighted by Crippen LogP contribution is 2.36. The van der Waals surface area contributed by atoms with Crippen molar-refractivity contribution in [3.05, 3.63) is 47.4 Å². The fourth-order valence-corrected chi connectivity index (χ4v) is 3.57. The number of carbonyl (C=O) groups excluding carboxylic acids is 1. The molecule has 1 heterocycles.